The van der Waals surface area contributed by atoms with Crippen LogP contribution in [0.2, 0.25) is 0 Å². The molecule has 0 saturated heterocycles. The van der Waals surface area contributed by atoms with E-state index in [0.29, 0.717) is 6.54 Å². The van der Waals surface area contributed by atoms with Gasteiger partial charge >= 0.3 is 51.4 Å². The molecule has 0 saturated carbocycles. The van der Waals surface area contributed by atoms with Gasteiger partial charge in [-0.1, -0.05) is 18.2 Å². The fourth-order valence-corrected chi connectivity index (χ4v) is 2.26. The molecular formula is C14H12KN3O2. The van der Waals surface area contributed by atoms with E-state index >= 15 is 0 Å². The Bertz CT molecular complexity index is 761. The van der Waals surface area contributed by atoms with E-state index in [9.17, 15) is 9.90 Å². The normalized spacial score (nSPS) is 10.4. The number of aromatic nitrogens is 3. The quantitative estimate of drug-likeness (QED) is 0.592. The van der Waals surface area contributed by atoms with Crippen LogP contribution < -0.4 is 56.5 Å². The van der Waals surface area contributed by atoms with E-state index < -0.39 is 5.97 Å². The van der Waals surface area contributed by atoms with Crippen molar-refractivity contribution in [2.45, 2.75) is 13.5 Å². The molecule has 0 atom stereocenters. The van der Waals surface area contributed by atoms with Gasteiger partial charge in [-0.2, -0.15) is 5.10 Å². The van der Waals surface area contributed by atoms with Gasteiger partial charge in [-0.05, 0) is 19.1 Å². The van der Waals surface area contributed by atoms with Gasteiger partial charge in [0.2, 0.25) is 0 Å². The van der Waals surface area contributed by atoms with Crippen LogP contribution in [0.1, 0.15) is 17.4 Å². The van der Waals surface area contributed by atoms with Crippen LogP contribution in [0.3, 0.4) is 0 Å². The Morgan fingerprint density at radius 1 is 1.40 bits per heavy atom. The Labute approximate surface area is 158 Å². The van der Waals surface area contributed by atoms with Crippen LogP contribution in [0, 0.1) is 0 Å². The number of aromatic carboxylic acids is 1. The third-order valence-electron chi connectivity index (χ3n) is 3.15. The maximum absolute atomic E-state index is 10.9. The molecule has 1 aromatic carbocycles. The molecule has 0 unspecified atom stereocenters. The minimum absolute atomic E-state index is 0. The summed E-state index contributed by atoms with van der Waals surface area (Å²) in [6.45, 7) is 2.52. The number of carbonyl (C=O) groups excluding carboxylic acids is 1. The van der Waals surface area contributed by atoms with Crippen molar-refractivity contribution in [1.82, 2.24) is 14.8 Å². The first-order valence-corrected chi connectivity index (χ1v) is 6.06. The number of carboxylic acids is 1. The summed E-state index contributed by atoms with van der Waals surface area (Å²) < 4.78 is 1.67. The number of fused-ring (bicyclic) bond motifs is 1. The predicted octanol–water partition coefficient (Wildman–Crippen LogP) is -1.58. The maximum Gasteiger partial charge on any atom is 1.00 e. The van der Waals surface area contributed by atoms with Crippen LogP contribution >= 0.6 is 0 Å². The van der Waals surface area contributed by atoms with Crippen molar-refractivity contribution in [2.75, 3.05) is 0 Å². The van der Waals surface area contributed by atoms with E-state index in [-0.39, 0.29) is 57.1 Å². The molecule has 6 heteroatoms. The van der Waals surface area contributed by atoms with Crippen LogP contribution in [-0.2, 0) is 6.54 Å². The molecule has 3 rings (SSSR count). The molecule has 0 aliphatic rings. The number of carbonyl (C=O) groups is 1. The predicted molar refractivity (Wildman–Crippen MR) is 69.5 cm³/mol. The molecule has 0 fully saturated rings. The average molecular weight is 293 g/mol. The number of hydrogen-bond donors (Lipinski definition) is 1. The van der Waals surface area contributed by atoms with Crippen LogP contribution in [0.5, 0.6) is 0 Å². The number of carboxylic acid groups (broad SMARTS) is 1. The Kier molecular flexibility index (Phi) is 4.82. The molecular weight excluding hydrogens is 281 g/mol. The number of para-hydroxylation sites is 1. The molecule has 20 heavy (non-hydrogen) atoms. The van der Waals surface area contributed by atoms with Gasteiger partial charge < -0.3 is 14.9 Å². The molecule has 96 valence electrons. The van der Waals surface area contributed by atoms with Crippen LogP contribution in [0.15, 0.2) is 36.5 Å². The first-order chi connectivity index (χ1) is 9.20. The minimum atomic E-state index is -1.26. The number of H-pyrrole nitrogens is 1. The summed E-state index contributed by atoms with van der Waals surface area (Å²) in [6, 6.07) is 9.42. The Morgan fingerprint density at radius 2 is 2.15 bits per heavy atom. The molecule has 0 spiro atoms. The average Bonchev–Trinajstić information content (AvgIpc) is 3.01. The third kappa shape index (κ3) is 2.62. The summed E-state index contributed by atoms with van der Waals surface area (Å²) in [5, 5.41) is 16.0. The van der Waals surface area contributed by atoms with Gasteiger partial charge in [-0.15, -0.1) is 0 Å². The van der Waals surface area contributed by atoms with Crippen LogP contribution in [0.25, 0.3) is 22.2 Å². The summed E-state index contributed by atoms with van der Waals surface area (Å²) in [5.74, 6) is -1.26. The number of nitrogens with zero attached hydrogens (tertiary/aromatic N) is 2. The van der Waals surface area contributed by atoms with Gasteiger partial charge in [0.1, 0.15) is 5.69 Å². The molecule has 0 amide bonds. The number of aryl methyl sites for hydroxylation is 1. The smallest absolute Gasteiger partial charge is 0.543 e. The zero-order chi connectivity index (χ0) is 13.4. The van der Waals surface area contributed by atoms with Crippen molar-refractivity contribution in [3.8, 4) is 11.3 Å². The summed E-state index contributed by atoms with van der Waals surface area (Å²) in [5.41, 5.74) is 2.69. The number of aromatic amines is 1. The molecule has 5 nitrogen and oxygen atoms in total. The second-order valence-corrected chi connectivity index (χ2v) is 4.27. The zero-order valence-corrected chi connectivity index (χ0v) is 14.5. The molecule has 1 N–H and O–H groups in total. The van der Waals surface area contributed by atoms with Gasteiger partial charge in [-0.3, -0.25) is 4.68 Å². The van der Waals surface area contributed by atoms with E-state index in [1.54, 1.807) is 10.7 Å². The van der Waals surface area contributed by atoms with E-state index in [1.807, 2.05) is 37.4 Å². The SMILES string of the molecule is CCn1nc(C(=O)[O-])cc1-c1c[nH]c2ccccc12.[K+]. The van der Waals surface area contributed by atoms with Crippen molar-refractivity contribution in [3.05, 3.63) is 42.2 Å². The van der Waals surface area contributed by atoms with Gasteiger partial charge in [0.25, 0.3) is 0 Å². The molecule has 2 aromatic heterocycles. The number of nitrogens with one attached hydrogen (secondary N) is 1. The van der Waals surface area contributed by atoms with E-state index in [2.05, 4.69) is 10.1 Å². The zero-order valence-electron chi connectivity index (χ0n) is 11.4. The molecule has 0 radical (unpaired) electrons. The van der Waals surface area contributed by atoms with Crippen molar-refractivity contribution < 1.29 is 61.3 Å². The van der Waals surface area contributed by atoms with Gasteiger partial charge in [0.15, 0.2) is 0 Å². The summed E-state index contributed by atoms with van der Waals surface area (Å²) in [4.78, 5) is 14.1. The van der Waals surface area contributed by atoms with E-state index in [1.165, 1.54) is 0 Å². The van der Waals surface area contributed by atoms with E-state index in [4.69, 9.17) is 0 Å². The van der Waals surface area contributed by atoms with Crippen molar-refractivity contribution in [3.63, 3.8) is 0 Å². The summed E-state index contributed by atoms with van der Waals surface area (Å²) in [6.07, 6.45) is 1.87. The third-order valence-corrected chi connectivity index (χ3v) is 3.15. The Morgan fingerprint density at radius 3 is 2.85 bits per heavy atom. The van der Waals surface area contributed by atoms with Crippen molar-refractivity contribution in [2.24, 2.45) is 0 Å². The Hall–Kier alpha value is -0.924. The maximum atomic E-state index is 10.9. The summed E-state index contributed by atoms with van der Waals surface area (Å²) >= 11 is 0. The fraction of sp³-hybridized carbons (Fsp3) is 0.143. The topological polar surface area (TPSA) is 73.7 Å². The van der Waals surface area contributed by atoms with E-state index in [0.717, 1.165) is 22.2 Å². The summed E-state index contributed by atoms with van der Waals surface area (Å²) in [7, 11) is 0. The van der Waals surface area contributed by atoms with Gasteiger partial charge in [0.05, 0.1) is 11.7 Å². The molecule has 0 aliphatic heterocycles. The van der Waals surface area contributed by atoms with Crippen LogP contribution in [-0.4, -0.2) is 20.7 Å². The fourth-order valence-electron chi connectivity index (χ4n) is 2.26. The Balaban J connectivity index is 0.00000147. The first-order valence-electron chi connectivity index (χ1n) is 6.06. The largest absolute Gasteiger partial charge is 1.00 e. The minimum Gasteiger partial charge on any atom is -0.543 e. The van der Waals surface area contributed by atoms with Crippen molar-refractivity contribution in [1.29, 1.82) is 0 Å². The number of benzene rings is 1. The number of hydrogen-bond acceptors (Lipinski definition) is 3. The monoisotopic (exact) mass is 293 g/mol. The van der Waals surface area contributed by atoms with Crippen molar-refractivity contribution >= 4 is 16.9 Å². The number of rotatable bonds is 3. The first kappa shape index (κ1) is 15.5. The second-order valence-electron chi connectivity index (χ2n) is 4.27. The van der Waals surface area contributed by atoms with Gasteiger partial charge in [0, 0.05) is 29.2 Å². The molecule has 0 bridgehead atoms. The molecule has 3 aromatic rings. The van der Waals surface area contributed by atoms with Gasteiger partial charge in [-0.25, -0.2) is 0 Å². The molecule has 0 aliphatic carbocycles. The standard InChI is InChI=1S/C14H13N3O2.K/c1-2-17-13(7-12(16-17)14(18)19)10-8-15-11-6-4-3-5-9(10)11;/h3-8,15H,2H2,1H3,(H,18,19);/q;+1/p-1. The second kappa shape index (κ2) is 6.23. The van der Waals surface area contributed by atoms with Crippen LogP contribution in [0.4, 0.5) is 0 Å². The molecule has 2 heterocycles.